The van der Waals surface area contributed by atoms with Gasteiger partial charge in [-0.15, -0.1) is 10.2 Å². The van der Waals surface area contributed by atoms with Crippen molar-refractivity contribution in [1.82, 2.24) is 19.7 Å². The maximum Gasteiger partial charge on any atom is 0.342 e. The molecular weight excluding hydrogens is 378 g/mol. The lowest BCUT2D eigenvalue weighted by Gasteiger charge is -2.34. The van der Waals surface area contributed by atoms with Crippen LogP contribution in [0.5, 0.6) is 0 Å². The van der Waals surface area contributed by atoms with Crippen molar-refractivity contribution in [2.45, 2.75) is 51.5 Å². The lowest BCUT2D eigenvalue weighted by Crippen LogP contribution is -2.35. The predicted molar refractivity (Wildman–Crippen MR) is 115 cm³/mol. The molecule has 2 aromatic heterocycles. The van der Waals surface area contributed by atoms with E-state index < -0.39 is 0 Å². The third-order valence-corrected chi connectivity index (χ3v) is 6.31. The van der Waals surface area contributed by atoms with Gasteiger partial charge in [-0.25, -0.2) is 9.78 Å². The monoisotopic (exact) mass is 405 g/mol. The van der Waals surface area contributed by atoms with E-state index in [1.807, 2.05) is 44.4 Å². The number of nitrogens with zero attached hydrogens (tertiary/aromatic N) is 5. The first-order chi connectivity index (χ1) is 14.7. The van der Waals surface area contributed by atoms with Crippen LogP contribution in [0.25, 0.3) is 10.9 Å². The summed E-state index contributed by atoms with van der Waals surface area (Å²) in [6.07, 6.45) is 6.29. The van der Waals surface area contributed by atoms with Crippen molar-refractivity contribution in [3.63, 3.8) is 0 Å². The lowest BCUT2D eigenvalue weighted by atomic mass is 9.95. The Morgan fingerprint density at radius 3 is 2.67 bits per heavy atom. The van der Waals surface area contributed by atoms with Crippen LogP contribution in [0.4, 0.5) is 5.82 Å². The van der Waals surface area contributed by atoms with Crippen LogP contribution in [0.15, 0.2) is 30.6 Å². The number of fused-ring (bicyclic) bond motifs is 1. The number of esters is 1. The Morgan fingerprint density at radius 1 is 1.17 bits per heavy atom. The summed E-state index contributed by atoms with van der Waals surface area (Å²) in [6, 6.07) is 8.58. The van der Waals surface area contributed by atoms with E-state index in [0.29, 0.717) is 24.1 Å². The van der Waals surface area contributed by atoms with Crippen LogP contribution < -0.4 is 4.90 Å². The van der Waals surface area contributed by atoms with Gasteiger partial charge in [0.25, 0.3) is 0 Å². The molecule has 2 fully saturated rings. The molecule has 1 aliphatic heterocycles. The Balaban J connectivity index is 1.45. The molecular formula is C23H27N5O2. The first kappa shape index (κ1) is 19.0. The van der Waals surface area contributed by atoms with Gasteiger partial charge >= 0.3 is 5.97 Å². The Hall–Kier alpha value is -2.96. The van der Waals surface area contributed by atoms with Crippen molar-refractivity contribution < 1.29 is 9.53 Å². The lowest BCUT2D eigenvalue weighted by molar-refractivity contribution is 0.0526. The van der Waals surface area contributed by atoms with Crippen molar-refractivity contribution >= 4 is 22.7 Å². The molecule has 0 amide bonds. The van der Waals surface area contributed by atoms with Crippen LogP contribution >= 0.6 is 0 Å². The van der Waals surface area contributed by atoms with Gasteiger partial charge in [0.15, 0.2) is 0 Å². The summed E-state index contributed by atoms with van der Waals surface area (Å²) in [5.41, 5.74) is 2.44. The largest absolute Gasteiger partial charge is 0.462 e. The number of ether oxygens (including phenoxy) is 1. The number of hydrogen-bond donors (Lipinski definition) is 0. The zero-order valence-electron chi connectivity index (χ0n) is 17.5. The second-order valence-corrected chi connectivity index (χ2v) is 8.26. The summed E-state index contributed by atoms with van der Waals surface area (Å²) in [7, 11) is 0. The fourth-order valence-electron chi connectivity index (χ4n) is 4.56. The number of para-hydroxylation sites is 1. The number of piperidine rings is 1. The first-order valence-corrected chi connectivity index (χ1v) is 10.9. The molecule has 0 spiro atoms. The van der Waals surface area contributed by atoms with E-state index in [9.17, 15) is 4.79 Å². The molecule has 0 radical (unpaired) electrons. The van der Waals surface area contributed by atoms with Gasteiger partial charge in [-0.3, -0.25) is 0 Å². The number of carbonyl (C=O) groups excluding carboxylic acids is 1. The molecule has 1 aliphatic carbocycles. The van der Waals surface area contributed by atoms with E-state index in [2.05, 4.69) is 19.7 Å². The third kappa shape index (κ3) is 3.32. The van der Waals surface area contributed by atoms with Crippen LogP contribution in [-0.2, 0) is 4.74 Å². The van der Waals surface area contributed by atoms with Crippen LogP contribution in [0.1, 0.15) is 66.3 Å². The van der Waals surface area contributed by atoms with Crippen LogP contribution in [0.2, 0.25) is 0 Å². The maximum atomic E-state index is 12.8. The minimum absolute atomic E-state index is 0.293. The van der Waals surface area contributed by atoms with E-state index in [-0.39, 0.29) is 5.97 Å². The Kier molecular flexibility index (Phi) is 4.89. The van der Waals surface area contributed by atoms with Gasteiger partial charge in [-0.2, -0.15) is 0 Å². The van der Waals surface area contributed by atoms with Crippen molar-refractivity contribution in [2.75, 3.05) is 24.6 Å². The maximum absolute atomic E-state index is 12.8. The summed E-state index contributed by atoms with van der Waals surface area (Å²) >= 11 is 0. The summed E-state index contributed by atoms with van der Waals surface area (Å²) in [5, 5.41) is 9.59. The molecule has 1 saturated carbocycles. The van der Waals surface area contributed by atoms with Gasteiger partial charge in [0.05, 0.1) is 12.1 Å². The molecule has 0 unspecified atom stereocenters. The third-order valence-electron chi connectivity index (χ3n) is 6.31. The second kappa shape index (κ2) is 7.70. The van der Waals surface area contributed by atoms with Gasteiger partial charge in [0.2, 0.25) is 0 Å². The molecule has 156 valence electrons. The fourth-order valence-corrected chi connectivity index (χ4v) is 4.56. The van der Waals surface area contributed by atoms with E-state index >= 15 is 0 Å². The zero-order valence-corrected chi connectivity index (χ0v) is 17.5. The van der Waals surface area contributed by atoms with E-state index in [0.717, 1.165) is 54.0 Å². The standard InChI is InChI=1S/C23H27N5O2/c1-3-30-23(29)20-15(2)18-6-4-5-7-19(18)25-22(20)27-12-10-16(11-13-27)21-26-24-14-28(21)17-8-9-17/h4-7,14,16-17H,3,8-13H2,1-2H3. The Bertz CT molecular complexity index is 1080. The van der Waals surface area contributed by atoms with Crippen LogP contribution in [0, 0.1) is 6.92 Å². The number of benzene rings is 1. The molecule has 0 atom stereocenters. The normalized spacial score (nSPS) is 17.5. The number of aromatic nitrogens is 4. The molecule has 0 N–H and O–H groups in total. The average molecular weight is 406 g/mol. The smallest absolute Gasteiger partial charge is 0.342 e. The van der Waals surface area contributed by atoms with Gasteiger partial charge in [0.1, 0.15) is 23.5 Å². The van der Waals surface area contributed by atoms with E-state index in [1.54, 1.807) is 0 Å². The molecule has 1 saturated heterocycles. The predicted octanol–water partition coefficient (Wildman–Crippen LogP) is 4.03. The summed E-state index contributed by atoms with van der Waals surface area (Å²) < 4.78 is 7.66. The van der Waals surface area contributed by atoms with Crippen LogP contribution in [0.3, 0.4) is 0 Å². The second-order valence-electron chi connectivity index (χ2n) is 8.26. The number of hydrogen-bond acceptors (Lipinski definition) is 6. The van der Waals surface area contributed by atoms with Crippen LogP contribution in [-0.4, -0.2) is 45.4 Å². The quantitative estimate of drug-likeness (QED) is 0.597. The SMILES string of the molecule is CCOC(=O)c1c(N2CCC(c3nncn3C3CC3)CC2)nc2ccccc2c1C. The highest BCUT2D eigenvalue weighted by molar-refractivity contribution is 6.02. The Labute approximate surface area is 176 Å². The molecule has 1 aromatic carbocycles. The van der Waals surface area contributed by atoms with Gasteiger partial charge in [-0.1, -0.05) is 18.2 Å². The molecule has 5 rings (SSSR count). The fraction of sp³-hybridized carbons (Fsp3) is 0.478. The topological polar surface area (TPSA) is 73.1 Å². The van der Waals surface area contributed by atoms with Gasteiger partial charge < -0.3 is 14.2 Å². The molecule has 30 heavy (non-hydrogen) atoms. The van der Waals surface area contributed by atoms with Gasteiger partial charge in [0, 0.05) is 30.4 Å². The number of pyridine rings is 1. The number of carbonyl (C=O) groups is 1. The first-order valence-electron chi connectivity index (χ1n) is 10.9. The number of anilines is 1. The highest BCUT2D eigenvalue weighted by Gasteiger charge is 2.32. The number of rotatable bonds is 5. The van der Waals surface area contributed by atoms with E-state index in [1.165, 1.54) is 12.8 Å². The summed E-state index contributed by atoms with van der Waals surface area (Å²) in [6.45, 7) is 5.84. The molecule has 7 heteroatoms. The van der Waals surface area contributed by atoms with Crippen molar-refractivity contribution in [3.8, 4) is 0 Å². The summed E-state index contributed by atoms with van der Waals surface area (Å²) in [5.74, 6) is 1.97. The van der Waals surface area contributed by atoms with E-state index in [4.69, 9.17) is 9.72 Å². The average Bonchev–Trinajstić information content (AvgIpc) is 3.50. The van der Waals surface area contributed by atoms with Gasteiger partial charge in [-0.05, 0) is 51.2 Å². The number of aryl methyl sites for hydroxylation is 1. The Morgan fingerprint density at radius 2 is 1.93 bits per heavy atom. The minimum Gasteiger partial charge on any atom is -0.462 e. The molecule has 7 nitrogen and oxygen atoms in total. The van der Waals surface area contributed by atoms with Crippen molar-refractivity contribution in [3.05, 3.63) is 47.5 Å². The van der Waals surface area contributed by atoms with Crippen molar-refractivity contribution in [1.29, 1.82) is 0 Å². The minimum atomic E-state index is -0.293. The molecule has 3 aromatic rings. The molecule has 3 heterocycles. The highest BCUT2D eigenvalue weighted by Crippen LogP contribution is 2.39. The zero-order chi connectivity index (χ0) is 20.7. The molecule has 2 aliphatic rings. The van der Waals surface area contributed by atoms with Crippen molar-refractivity contribution in [2.24, 2.45) is 0 Å². The highest BCUT2D eigenvalue weighted by atomic mass is 16.5. The molecule has 0 bridgehead atoms. The summed E-state index contributed by atoms with van der Waals surface area (Å²) in [4.78, 5) is 20.0.